The second-order valence-electron chi connectivity index (χ2n) is 8.13. The Kier molecular flexibility index (Phi) is 7.35. The Morgan fingerprint density at radius 2 is 1.86 bits per heavy atom. The van der Waals surface area contributed by atoms with Crippen molar-refractivity contribution in [1.82, 2.24) is 9.80 Å². The van der Waals surface area contributed by atoms with Crippen molar-refractivity contribution in [2.75, 3.05) is 20.1 Å². The summed E-state index contributed by atoms with van der Waals surface area (Å²) in [4.78, 5) is 29.8. The number of hydrogen-bond donors (Lipinski definition) is 0. The fraction of sp³-hybridized carbons (Fsp3) is 0.652. The Labute approximate surface area is 169 Å². The van der Waals surface area contributed by atoms with Crippen molar-refractivity contribution in [1.29, 1.82) is 0 Å². The summed E-state index contributed by atoms with van der Waals surface area (Å²) < 4.78 is 6.44. The fourth-order valence-electron chi connectivity index (χ4n) is 4.37. The van der Waals surface area contributed by atoms with Gasteiger partial charge < -0.3 is 14.5 Å². The molecule has 1 saturated carbocycles. The molecule has 2 amide bonds. The van der Waals surface area contributed by atoms with E-state index in [4.69, 9.17) is 4.74 Å². The summed E-state index contributed by atoms with van der Waals surface area (Å²) in [5.74, 6) is 0.925. The Hall–Kier alpha value is -2.04. The molecular weight excluding hydrogens is 352 g/mol. The molecule has 2 aliphatic rings. The van der Waals surface area contributed by atoms with Gasteiger partial charge in [0.2, 0.25) is 5.91 Å². The van der Waals surface area contributed by atoms with Crippen molar-refractivity contribution < 1.29 is 14.3 Å². The van der Waals surface area contributed by atoms with Crippen molar-refractivity contribution in [3.8, 4) is 5.75 Å². The molecule has 1 fully saturated rings. The lowest BCUT2D eigenvalue weighted by atomic mass is 9.90. The van der Waals surface area contributed by atoms with Crippen LogP contribution < -0.4 is 4.74 Å². The normalized spacial score (nSPS) is 23.7. The van der Waals surface area contributed by atoms with Crippen molar-refractivity contribution >= 4 is 11.8 Å². The van der Waals surface area contributed by atoms with Crippen LogP contribution in [0.1, 0.15) is 75.1 Å². The van der Waals surface area contributed by atoms with Gasteiger partial charge in [-0.1, -0.05) is 31.9 Å². The standard InChI is InChI=1S/C23H34N2O3/c1-3-4-15-22(26)25-17-10-9-16-24(2)23(27)18-11-5-7-13-20(18)28-21-14-8-6-12-19(21)25/h5,7,11,13,19,21H,3-4,6,8-10,12,14-17H2,1-2H3/t19-,21+/m1/s1. The molecule has 28 heavy (non-hydrogen) atoms. The maximum absolute atomic E-state index is 13.0. The number of benzene rings is 1. The number of unbranched alkanes of at least 4 members (excludes halogenated alkanes) is 1. The topological polar surface area (TPSA) is 49.9 Å². The largest absolute Gasteiger partial charge is 0.487 e. The molecule has 0 bridgehead atoms. The smallest absolute Gasteiger partial charge is 0.257 e. The van der Waals surface area contributed by atoms with Gasteiger partial charge in [0.15, 0.2) is 0 Å². The first kappa shape index (κ1) is 20.7. The van der Waals surface area contributed by atoms with E-state index in [1.165, 1.54) is 0 Å². The number of amides is 2. The molecule has 1 aliphatic carbocycles. The van der Waals surface area contributed by atoms with Gasteiger partial charge in [0.25, 0.3) is 5.91 Å². The van der Waals surface area contributed by atoms with Crippen molar-refractivity contribution in [3.05, 3.63) is 29.8 Å². The lowest BCUT2D eigenvalue weighted by molar-refractivity contribution is -0.137. The maximum atomic E-state index is 13.0. The molecule has 154 valence electrons. The highest BCUT2D eigenvalue weighted by molar-refractivity contribution is 5.96. The quantitative estimate of drug-likeness (QED) is 0.780. The van der Waals surface area contributed by atoms with E-state index in [1.54, 1.807) is 4.90 Å². The predicted molar refractivity (Wildman–Crippen MR) is 111 cm³/mol. The molecule has 1 heterocycles. The number of hydrogen-bond acceptors (Lipinski definition) is 3. The van der Waals surface area contributed by atoms with Gasteiger partial charge in [0.05, 0.1) is 11.6 Å². The summed E-state index contributed by atoms with van der Waals surface area (Å²) in [7, 11) is 1.85. The van der Waals surface area contributed by atoms with Gasteiger partial charge >= 0.3 is 0 Å². The number of carbonyl (C=O) groups is 2. The third-order valence-electron chi connectivity index (χ3n) is 6.02. The van der Waals surface area contributed by atoms with Gasteiger partial charge in [-0.3, -0.25) is 9.59 Å². The zero-order valence-electron chi connectivity index (χ0n) is 17.4. The van der Waals surface area contributed by atoms with E-state index in [0.29, 0.717) is 24.3 Å². The number of fused-ring (bicyclic) bond motifs is 2. The summed E-state index contributed by atoms with van der Waals surface area (Å²) in [5, 5.41) is 0. The van der Waals surface area contributed by atoms with E-state index < -0.39 is 0 Å². The van der Waals surface area contributed by atoms with E-state index in [2.05, 4.69) is 11.8 Å². The first-order valence-corrected chi connectivity index (χ1v) is 10.9. The van der Waals surface area contributed by atoms with E-state index in [0.717, 1.165) is 57.9 Å². The molecule has 0 spiro atoms. The van der Waals surface area contributed by atoms with Crippen LogP contribution in [-0.2, 0) is 4.79 Å². The Morgan fingerprint density at radius 3 is 2.68 bits per heavy atom. The summed E-state index contributed by atoms with van der Waals surface area (Å²) in [6.45, 7) is 3.58. The van der Waals surface area contributed by atoms with Crippen molar-refractivity contribution in [2.24, 2.45) is 0 Å². The number of nitrogens with zero attached hydrogens (tertiary/aromatic N) is 2. The molecule has 0 saturated heterocycles. The number of ether oxygens (including phenoxy) is 1. The van der Waals surface area contributed by atoms with Crippen LogP contribution in [-0.4, -0.2) is 53.9 Å². The Bertz CT molecular complexity index is 676. The zero-order valence-corrected chi connectivity index (χ0v) is 17.4. The van der Waals surface area contributed by atoms with Crippen LogP contribution >= 0.6 is 0 Å². The van der Waals surface area contributed by atoms with E-state index in [9.17, 15) is 9.59 Å². The SMILES string of the molecule is CCCCC(=O)N1CCCCN(C)C(=O)c2ccccc2O[C@H]2CCCC[C@H]21. The van der Waals surface area contributed by atoms with Crippen molar-refractivity contribution in [3.63, 3.8) is 0 Å². The van der Waals surface area contributed by atoms with Gasteiger partial charge in [0.1, 0.15) is 11.9 Å². The summed E-state index contributed by atoms with van der Waals surface area (Å²) >= 11 is 0. The number of rotatable bonds is 3. The number of para-hydroxylation sites is 1. The molecular formula is C23H34N2O3. The molecule has 1 aliphatic heterocycles. The maximum Gasteiger partial charge on any atom is 0.257 e. The lowest BCUT2D eigenvalue weighted by Gasteiger charge is -2.40. The van der Waals surface area contributed by atoms with E-state index in [-0.39, 0.29) is 24.0 Å². The lowest BCUT2D eigenvalue weighted by Crippen LogP contribution is -2.51. The molecule has 1 aromatic rings. The highest BCUT2D eigenvalue weighted by atomic mass is 16.5. The van der Waals surface area contributed by atoms with E-state index >= 15 is 0 Å². The fourth-order valence-corrected chi connectivity index (χ4v) is 4.37. The molecule has 5 nitrogen and oxygen atoms in total. The van der Waals surface area contributed by atoms with Crippen LogP contribution in [0.5, 0.6) is 5.75 Å². The molecule has 5 heteroatoms. The molecule has 0 N–H and O–H groups in total. The molecule has 0 unspecified atom stereocenters. The van der Waals surface area contributed by atoms with Crippen LogP contribution in [0.3, 0.4) is 0 Å². The Morgan fingerprint density at radius 1 is 1.11 bits per heavy atom. The van der Waals surface area contributed by atoms with Crippen molar-refractivity contribution in [2.45, 2.75) is 76.9 Å². The minimum atomic E-state index is -0.0435. The van der Waals surface area contributed by atoms with Crippen LogP contribution in [0, 0.1) is 0 Å². The van der Waals surface area contributed by atoms with Gasteiger partial charge in [-0.05, 0) is 50.7 Å². The Balaban J connectivity index is 1.90. The highest BCUT2D eigenvalue weighted by Gasteiger charge is 2.35. The number of carbonyl (C=O) groups excluding carboxylic acids is 2. The summed E-state index contributed by atoms with van der Waals surface area (Å²) in [6.07, 6.45) is 8.52. The summed E-state index contributed by atoms with van der Waals surface area (Å²) in [5.41, 5.74) is 0.624. The minimum absolute atomic E-state index is 0.0133. The molecule has 0 aromatic heterocycles. The highest BCUT2D eigenvalue weighted by Crippen LogP contribution is 2.31. The first-order chi connectivity index (χ1) is 13.6. The third kappa shape index (κ3) is 4.86. The summed E-state index contributed by atoms with van der Waals surface area (Å²) in [6, 6.07) is 7.65. The van der Waals surface area contributed by atoms with Crippen LogP contribution in [0.25, 0.3) is 0 Å². The monoisotopic (exact) mass is 386 g/mol. The minimum Gasteiger partial charge on any atom is -0.487 e. The molecule has 0 radical (unpaired) electrons. The van der Waals surface area contributed by atoms with Gasteiger partial charge in [0, 0.05) is 26.6 Å². The van der Waals surface area contributed by atoms with Crippen LogP contribution in [0.2, 0.25) is 0 Å². The van der Waals surface area contributed by atoms with Gasteiger partial charge in [-0.2, -0.15) is 0 Å². The second kappa shape index (κ2) is 9.94. The van der Waals surface area contributed by atoms with Crippen LogP contribution in [0.15, 0.2) is 24.3 Å². The van der Waals surface area contributed by atoms with E-state index in [1.807, 2.05) is 31.3 Å². The predicted octanol–water partition coefficient (Wildman–Crippen LogP) is 4.26. The first-order valence-electron chi connectivity index (χ1n) is 10.9. The average molecular weight is 387 g/mol. The molecule has 3 rings (SSSR count). The van der Waals surface area contributed by atoms with Crippen LogP contribution in [0.4, 0.5) is 0 Å². The zero-order chi connectivity index (χ0) is 19.9. The second-order valence-corrected chi connectivity index (χ2v) is 8.13. The molecule has 1 aromatic carbocycles. The third-order valence-corrected chi connectivity index (χ3v) is 6.02. The average Bonchev–Trinajstić information content (AvgIpc) is 2.72. The van der Waals surface area contributed by atoms with Gasteiger partial charge in [-0.25, -0.2) is 0 Å². The molecule has 2 atom stereocenters. The van der Waals surface area contributed by atoms with Gasteiger partial charge in [-0.15, -0.1) is 0 Å².